The number of benzene rings is 1. The Bertz CT molecular complexity index is 459. The van der Waals surface area contributed by atoms with Crippen LogP contribution in [0.25, 0.3) is 0 Å². The molecule has 2 fully saturated rings. The van der Waals surface area contributed by atoms with Crippen LogP contribution in [0.2, 0.25) is 0 Å². The number of likely N-dealkylation sites (tertiary alicyclic amines) is 1. The first kappa shape index (κ1) is 11.7. The Morgan fingerprint density at radius 1 is 1.44 bits per heavy atom. The summed E-state index contributed by atoms with van der Waals surface area (Å²) < 4.78 is 4.95. The number of esters is 1. The van der Waals surface area contributed by atoms with Crippen molar-refractivity contribution in [2.45, 2.75) is 19.4 Å². The number of carbonyl (C=O) groups excluding carboxylic acids is 1. The molecule has 1 aromatic rings. The van der Waals surface area contributed by atoms with Gasteiger partial charge in [-0.15, -0.1) is 0 Å². The molecule has 3 rings (SSSR count). The van der Waals surface area contributed by atoms with Crippen molar-refractivity contribution in [3.8, 4) is 0 Å². The van der Waals surface area contributed by atoms with Gasteiger partial charge in [0.15, 0.2) is 0 Å². The predicted octanol–water partition coefficient (Wildman–Crippen LogP) is 2.24. The van der Waals surface area contributed by atoms with Gasteiger partial charge in [0, 0.05) is 19.1 Å². The van der Waals surface area contributed by atoms with Gasteiger partial charge in [-0.25, -0.2) is 0 Å². The lowest BCUT2D eigenvalue weighted by atomic mass is 10.1. The van der Waals surface area contributed by atoms with Gasteiger partial charge < -0.3 is 4.74 Å². The highest BCUT2D eigenvalue weighted by Gasteiger charge is 2.66. The zero-order chi connectivity index (χ0) is 12.8. The summed E-state index contributed by atoms with van der Waals surface area (Å²) in [5, 5.41) is 0. The third kappa shape index (κ3) is 1.65. The summed E-state index contributed by atoms with van der Waals surface area (Å²) in [5.41, 5.74) is 1.14. The minimum Gasteiger partial charge on any atom is -0.469 e. The monoisotopic (exact) mass is 245 g/mol. The first-order valence-electron chi connectivity index (χ1n) is 6.55. The molecule has 0 N–H and O–H groups in total. The SMILES string of the molecule is COC(=O)C12CC1CN([C@H](C)c1ccccc1)C2. The molecule has 0 bridgehead atoms. The van der Waals surface area contributed by atoms with Crippen LogP contribution in [0, 0.1) is 11.3 Å². The van der Waals surface area contributed by atoms with Gasteiger partial charge in [0.1, 0.15) is 0 Å². The van der Waals surface area contributed by atoms with Gasteiger partial charge in [-0.3, -0.25) is 9.69 Å². The lowest BCUT2D eigenvalue weighted by Crippen LogP contribution is -2.31. The number of nitrogens with zero attached hydrogens (tertiary/aromatic N) is 1. The Morgan fingerprint density at radius 3 is 2.83 bits per heavy atom. The van der Waals surface area contributed by atoms with E-state index in [1.807, 2.05) is 6.07 Å². The van der Waals surface area contributed by atoms with Crippen LogP contribution in [0.5, 0.6) is 0 Å². The molecule has 0 amide bonds. The number of fused-ring (bicyclic) bond motifs is 1. The van der Waals surface area contributed by atoms with Gasteiger partial charge >= 0.3 is 5.97 Å². The average molecular weight is 245 g/mol. The number of rotatable bonds is 3. The van der Waals surface area contributed by atoms with Crippen molar-refractivity contribution < 1.29 is 9.53 Å². The fourth-order valence-corrected chi connectivity index (χ4v) is 3.28. The van der Waals surface area contributed by atoms with E-state index in [4.69, 9.17) is 4.74 Å². The molecule has 0 aromatic heterocycles. The molecule has 1 heterocycles. The van der Waals surface area contributed by atoms with Crippen LogP contribution in [-0.4, -0.2) is 31.1 Å². The van der Waals surface area contributed by atoms with Crippen LogP contribution < -0.4 is 0 Å². The quantitative estimate of drug-likeness (QED) is 0.765. The maximum atomic E-state index is 11.8. The Morgan fingerprint density at radius 2 is 2.17 bits per heavy atom. The Balaban J connectivity index is 1.72. The molecular weight excluding hydrogens is 226 g/mol. The van der Waals surface area contributed by atoms with E-state index in [0.717, 1.165) is 19.5 Å². The molecule has 0 spiro atoms. The van der Waals surface area contributed by atoms with E-state index in [-0.39, 0.29) is 11.4 Å². The number of carbonyl (C=O) groups is 1. The Hall–Kier alpha value is -1.35. The van der Waals surface area contributed by atoms with E-state index < -0.39 is 0 Å². The number of methoxy groups -OCH3 is 1. The molecule has 96 valence electrons. The highest BCUT2D eigenvalue weighted by atomic mass is 16.5. The third-order valence-corrected chi connectivity index (χ3v) is 4.59. The fourth-order valence-electron chi connectivity index (χ4n) is 3.28. The summed E-state index contributed by atoms with van der Waals surface area (Å²) in [6.07, 6.45) is 1.01. The van der Waals surface area contributed by atoms with Gasteiger partial charge in [-0.05, 0) is 24.8 Å². The van der Waals surface area contributed by atoms with Crippen LogP contribution in [0.4, 0.5) is 0 Å². The lowest BCUT2D eigenvalue weighted by Gasteiger charge is -2.27. The molecule has 2 unspecified atom stereocenters. The highest BCUT2D eigenvalue weighted by molar-refractivity contribution is 5.81. The highest BCUT2D eigenvalue weighted by Crippen LogP contribution is 2.59. The van der Waals surface area contributed by atoms with E-state index in [9.17, 15) is 4.79 Å². The average Bonchev–Trinajstić information content (AvgIpc) is 3.00. The van der Waals surface area contributed by atoms with Crippen molar-refractivity contribution in [3.63, 3.8) is 0 Å². The maximum Gasteiger partial charge on any atom is 0.313 e. The first-order chi connectivity index (χ1) is 8.67. The maximum absolute atomic E-state index is 11.8. The molecule has 3 heteroatoms. The van der Waals surface area contributed by atoms with E-state index >= 15 is 0 Å². The largest absolute Gasteiger partial charge is 0.469 e. The molecule has 1 saturated carbocycles. The predicted molar refractivity (Wildman–Crippen MR) is 69.0 cm³/mol. The summed E-state index contributed by atoms with van der Waals surface area (Å²) in [6.45, 7) is 4.08. The minimum atomic E-state index is -0.183. The number of hydrogen-bond acceptors (Lipinski definition) is 3. The second-order valence-electron chi connectivity index (χ2n) is 5.56. The van der Waals surface area contributed by atoms with Crippen LogP contribution in [0.1, 0.15) is 24.9 Å². The fraction of sp³-hybridized carbons (Fsp3) is 0.533. The van der Waals surface area contributed by atoms with Crippen LogP contribution in [0.15, 0.2) is 30.3 Å². The normalized spacial score (nSPS) is 31.8. The van der Waals surface area contributed by atoms with E-state index in [0.29, 0.717) is 12.0 Å². The van der Waals surface area contributed by atoms with E-state index in [1.54, 1.807) is 0 Å². The molecular formula is C15H19NO2. The summed E-state index contributed by atoms with van der Waals surface area (Å²) in [7, 11) is 1.50. The standard InChI is InChI=1S/C15H19NO2/c1-11(12-6-4-3-5-7-12)16-9-13-8-15(13,10-16)14(17)18-2/h3-7,11,13H,8-10H2,1-2H3/t11-,13?,15?/m1/s1. The number of piperidine rings is 1. The molecule has 2 aliphatic rings. The molecule has 1 aliphatic heterocycles. The van der Waals surface area contributed by atoms with Crippen molar-refractivity contribution in [3.05, 3.63) is 35.9 Å². The lowest BCUT2D eigenvalue weighted by molar-refractivity contribution is -0.147. The second-order valence-corrected chi connectivity index (χ2v) is 5.56. The van der Waals surface area contributed by atoms with Gasteiger partial charge in [-0.1, -0.05) is 30.3 Å². The van der Waals surface area contributed by atoms with Crippen molar-refractivity contribution in [1.82, 2.24) is 4.90 Å². The zero-order valence-corrected chi connectivity index (χ0v) is 10.9. The van der Waals surface area contributed by atoms with Gasteiger partial charge in [0.25, 0.3) is 0 Å². The molecule has 3 atom stereocenters. The Labute approximate surface area is 108 Å². The van der Waals surface area contributed by atoms with Crippen LogP contribution in [0.3, 0.4) is 0 Å². The van der Waals surface area contributed by atoms with E-state index in [2.05, 4.69) is 36.1 Å². The first-order valence-corrected chi connectivity index (χ1v) is 6.55. The molecule has 3 nitrogen and oxygen atoms in total. The molecule has 1 aliphatic carbocycles. The van der Waals surface area contributed by atoms with Crippen molar-refractivity contribution >= 4 is 5.97 Å². The topological polar surface area (TPSA) is 29.5 Å². The molecule has 1 aromatic carbocycles. The van der Waals surface area contributed by atoms with E-state index in [1.165, 1.54) is 12.7 Å². The summed E-state index contributed by atoms with van der Waals surface area (Å²) in [6, 6.07) is 10.9. The second kappa shape index (κ2) is 4.09. The van der Waals surface area contributed by atoms with Gasteiger partial charge in [0.05, 0.1) is 12.5 Å². The summed E-state index contributed by atoms with van der Waals surface area (Å²) in [5.74, 6) is 0.492. The van der Waals surface area contributed by atoms with Gasteiger partial charge in [-0.2, -0.15) is 0 Å². The van der Waals surface area contributed by atoms with Crippen LogP contribution >= 0.6 is 0 Å². The molecule has 0 radical (unpaired) electrons. The summed E-state index contributed by atoms with van der Waals surface area (Å²) >= 11 is 0. The van der Waals surface area contributed by atoms with Crippen molar-refractivity contribution in [2.75, 3.05) is 20.2 Å². The molecule has 1 saturated heterocycles. The smallest absolute Gasteiger partial charge is 0.313 e. The van der Waals surface area contributed by atoms with Gasteiger partial charge in [0.2, 0.25) is 0 Å². The minimum absolute atomic E-state index is 0.0183. The number of ether oxygens (including phenoxy) is 1. The van der Waals surface area contributed by atoms with Crippen molar-refractivity contribution in [1.29, 1.82) is 0 Å². The number of hydrogen-bond donors (Lipinski definition) is 0. The Kier molecular flexibility index (Phi) is 2.67. The zero-order valence-electron chi connectivity index (χ0n) is 10.9. The summed E-state index contributed by atoms with van der Waals surface area (Å²) in [4.78, 5) is 14.2. The third-order valence-electron chi connectivity index (χ3n) is 4.59. The van der Waals surface area contributed by atoms with Crippen molar-refractivity contribution in [2.24, 2.45) is 11.3 Å². The van der Waals surface area contributed by atoms with Crippen LogP contribution in [-0.2, 0) is 9.53 Å². The molecule has 18 heavy (non-hydrogen) atoms.